The van der Waals surface area contributed by atoms with E-state index in [4.69, 9.17) is 13.3 Å². The molecule has 18 heavy (non-hydrogen) atoms. The van der Waals surface area contributed by atoms with Crippen molar-refractivity contribution in [2.24, 2.45) is 0 Å². The van der Waals surface area contributed by atoms with E-state index in [-0.39, 0.29) is 0 Å². The van der Waals surface area contributed by atoms with Crippen LogP contribution in [0, 0.1) is 0 Å². The Hall–Kier alpha value is 0.274. The first-order valence-electron chi connectivity index (χ1n) is 6.90. The van der Waals surface area contributed by atoms with Gasteiger partial charge in [0.2, 0.25) is 0 Å². The van der Waals surface area contributed by atoms with Gasteiger partial charge in [0.1, 0.15) is 8.24 Å². The van der Waals surface area contributed by atoms with Gasteiger partial charge in [-0.2, -0.15) is 0 Å². The molecule has 1 aliphatic heterocycles. The van der Waals surface area contributed by atoms with Gasteiger partial charge in [-0.25, -0.2) is 0 Å². The third kappa shape index (κ3) is 4.14. The fourth-order valence-corrected chi connectivity index (χ4v) is 7.44. The van der Waals surface area contributed by atoms with Crippen molar-refractivity contribution in [3.05, 3.63) is 0 Å². The summed E-state index contributed by atoms with van der Waals surface area (Å²) in [5, 5.41) is 0. The third-order valence-electron chi connectivity index (χ3n) is 4.17. The van der Waals surface area contributed by atoms with Crippen molar-refractivity contribution in [1.29, 1.82) is 0 Å². The smallest absolute Gasteiger partial charge is 0.377 e. The van der Waals surface area contributed by atoms with Crippen molar-refractivity contribution in [2.45, 2.75) is 44.4 Å². The Bertz CT molecular complexity index is 239. The highest BCUT2D eigenvalue weighted by molar-refractivity contribution is 6.75. The zero-order valence-electron chi connectivity index (χ0n) is 12.6. The van der Waals surface area contributed by atoms with E-state index in [1.165, 1.54) is 32.0 Å². The minimum absolute atomic E-state index is 0.923. The lowest BCUT2D eigenvalue weighted by Gasteiger charge is -2.30. The molecule has 1 heterocycles. The molecule has 4 nitrogen and oxygen atoms in total. The maximum atomic E-state index is 5.44. The van der Waals surface area contributed by atoms with Crippen molar-refractivity contribution < 1.29 is 13.3 Å². The van der Waals surface area contributed by atoms with Gasteiger partial charge >= 0.3 is 8.80 Å². The highest BCUT2D eigenvalue weighted by Crippen LogP contribution is 2.26. The molecule has 0 aromatic rings. The molecule has 1 saturated heterocycles. The SMILES string of the molecule is CO[Si](CCCCN1CCC[Si]1(C)C)(OC)OC. The molecule has 108 valence electrons. The van der Waals surface area contributed by atoms with Gasteiger partial charge in [0, 0.05) is 27.4 Å². The molecule has 0 unspecified atom stereocenters. The van der Waals surface area contributed by atoms with E-state index in [0.717, 1.165) is 12.5 Å². The Morgan fingerprint density at radius 3 is 2.11 bits per heavy atom. The zero-order chi connectivity index (χ0) is 13.6. The second-order valence-electron chi connectivity index (χ2n) is 5.66. The number of hydrogen-bond donors (Lipinski definition) is 0. The minimum atomic E-state index is -2.34. The molecule has 0 atom stereocenters. The van der Waals surface area contributed by atoms with Crippen molar-refractivity contribution >= 4 is 17.0 Å². The molecule has 1 fully saturated rings. The Morgan fingerprint density at radius 2 is 1.67 bits per heavy atom. The lowest BCUT2D eigenvalue weighted by atomic mass is 10.3. The Balaban J connectivity index is 2.26. The zero-order valence-corrected chi connectivity index (χ0v) is 14.6. The van der Waals surface area contributed by atoms with E-state index in [2.05, 4.69) is 17.7 Å². The first-order valence-corrected chi connectivity index (χ1v) is 12.0. The van der Waals surface area contributed by atoms with Crippen LogP contribution in [-0.2, 0) is 13.3 Å². The van der Waals surface area contributed by atoms with Gasteiger partial charge in [-0.15, -0.1) is 0 Å². The maximum absolute atomic E-state index is 5.44. The van der Waals surface area contributed by atoms with Crippen molar-refractivity contribution in [1.82, 2.24) is 4.57 Å². The standard InChI is InChI=1S/C12H29NO3Si2/c1-14-18(15-2,16-3)12-7-6-9-13-10-8-11-17(13,4)5/h6-12H2,1-5H3. The molecule has 0 radical (unpaired) electrons. The molecule has 0 N–H and O–H groups in total. The predicted molar refractivity (Wildman–Crippen MR) is 79.3 cm³/mol. The van der Waals surface area contributed by atoms with Gasteiger partial charge in [0.05, 0.1) is 0 Å². The Kier molecular flexibility index (Phi) is 6.50. The second-order valence-corrected chi connectivity index (χ2v) is 13.5. The topological polar surface area (TPSA) is 30.9 Å². The van der Waals surface area contributed by atoms with E-state index in [1.54, 1.807) is 21.3 Å². The first-order chi connectivity index (χ1) is 8.49. The molecule has 0 aromatic carbocycles. The van der Waals surface area contributed by atoms with Gasteiger partial charge in [0.25, 0.3) is 0 Å². The number of nitrogens with zero attached hydrogens (tertiary/aromatic N) is 1. The third-order valence-corrected chi connectivity index (χ3v) is 10.7. The van der Waals surface area contributed by atoms with Crippen molar-refractivity contribution in [2.75, 3.05) is 34.4 Å². The average molecular weight is 292 g/mol. The fraction of sp³-hybridized carbons (Fsp3) is 1.00. The molecule has 0 aromatic heterocycles. The second kappa shape index (κ2) is 7.16. The molecule has 1 rings (SSSR count). The van der Waals surface area contributed by atoms with Crippen LogP contribution in [0.1, 0.15) is 19.3 Å². The van der Waals surface area contributed by atoms with E-state index in [1.807, 2.05) is 0 Å². The molecule has 1 aliphatic rings. The van der Waals surface area contributed by atoms with Crippen LogP contribution in [0.2, 0.25) is 25.2 Å². The summed E-state index contributed by atoms with van der Waals surface area (Å²) in [5.41, 5.74) is 0. The van der Waals surface area contributed by atoms with Gasteiger partial charge in [-0.05, 0) is 38.4 Å². The number of unbranched alkanes of at least 4 members (excludes halogenated alkanes) is 1. The van der Waals surface area contributed by atoms with Crippen LogP contribution in [0.4, 0.5) is 0 Å². The van der Waals surface area contributed by atoms with Crippen LogP contribution in [0.3, 0.4) is 0 Å². The highest BCUT2D eigenvalue weighted by Gasteiger charge is 2.37. The summed E-state index contributed by atoms with van der Waals surface area (Å²) < 4.78 is 19.1. The summed E-state index contributed by atoms with van der Waals surface area (Å²) in [6.07, 6.45) is 3.75. The fourth-order valence-electron chi connectivity index (χ4n) is 2.78. The molecule has 0 bridgehead atoms. The Morgan fingerprint density at radius 1 is 1.06 bits per heavy atom. The first kappa shape index (κ1) is 16.3. The van der Waals surface area contributed by atoms with Crippen molar-refractivity contribution in [3.8, 4) is 0 Å². The summed E-state index contributed by atoms with van der Waals surface area (Å²) in [6, 6.07) is 2.38. The van der Waals surface area contributed by atoms with Crippen LogP contribution < -0.4 is 0 Å². The molecule has 0 amide bonds. The van der Waals surface area contributed by atoms with Crippen LogP contribution in [0.25, 0.3) is 0 Å². The monoisotopic (exact) mass is 291 g/mol. The summed E-state index contributed by atoms with van der Waals surface area (Å²) in [6.45, 7) is 7.51. The largest absolute Gasteiger partial charge is 0.500 e. The maximum Gasteiger partial charge on any atom is 0.500 e. The van der Waals surface area contributed by atoms with Gasteiger partial charge in [0.15, 0.2) is 0 Å². The molecule has 6 heteroatoms. The quantitative estimate of drug-likeness (QED) is 0.508. The van der Waals surface area contributed by atoms with Gasteiger partial charge < -0.3 is 17.8 Å². The molecule has 0 aliphatic carbocycles. The lowest BCUT2D eigenvalue weighted by molar-refractivity contribution is 0.122. The summed E-state index contributed by atoms with van der Waals surface area (Å²) in [7, 11) is 1.69. The van der Waals surface area contributed by atoms with Crippen molar-refractivity contribution in [3.63, 3.8) is 0 Å². The number of rotatable bonds is 8. The molecular weight excluding hydrogens is 262 g/mol. The van der Waals surface area contributed by atoms with E-state index >= 15 is 0 Å². The van der Waals surface area contributed by atoms with E-state index < -0.39 is 17.0 Å². The van der Waals surface area contributed by atoms with Crippen LogP contribution >= 0.6 is 0 Å². The van der Waals surface area contributed by atoms with Gasteiger partial charge in [-0.1, -0.05) is 13.1 Å². The summed E-state index contributed by atoms with van der Waals surface area (Å²) in [4.78, 5) is 0. The van der Waals surface area contributed by atoms with Crippen LogP contribution in [0.15, 0.2) is 0 Å². The Labute approximate surface area is 114 Å². The van der Waals surface area contributed by atoms with Gasteiger partial charge in [-0.3, -0.25) is 0 Å². The summed E-state index contributed by atoms with van der Waals surface area (Å²) >= 11 is 0. The van der Waals surface area contributed by atoms with E-state index in [0.29, 0.717) is 0 Å². The average Bonchev–Trinajstić information content (AvgIpc) is 2.70. The highest BCUT2D eigenvalue weighted by atomic mass is 28.4. The molecule has 0 spiro atoms. The van der Waals surface area contributed by atoms with E-state index in [9.17, 15) is 0 Å². The predicted octanol–water partition coefficient (Wildman–Crippen LogP) is 2.56. The molecular formula is C12H29NO3Si2. The van der Waals surface area contributed by atoms with Crippen LogP contribution in [0.5, 0.6) is 0 Å². The molecule has 0 saturated carbocycles. The van der Waals surface area contributed by atoms with Crippen LogP contribution in [-0.4, -0.2) is 56.0 Å². The summed E-state index contributed by atoms with van der Waals surface area (Å²) in [5.74, 6) is 0. The normalized spacial score (nSPS) is 20.5. The minimum Gasteiger partial charge on any atom is -0.377 e. The lowest BCUT2D eigenvalue weighted by Crippen LogP contribution is -2.44. The number of hydrogen-bond acceptors (Lipinski definition) is 4.